The third kappa shape index (κ3) is 5.01. The summed E-state index contributed by atoms with van der Waals surface area (Å²) in [6.07, 6.45) is 2.90. The van der Waals surface area contributed by atoms with Gasteiger partial charge in [-0.05, 0) is 61.4 Å². The lowest BCUT2D eigenvalue weighted by Crippen LogP contribution is -2.01. The molecule has 3 nitrogen and oxygen atoms in total. The third-order valence-corrected chi connectivity index (χ3v) is 8.83. The van der Waals surface area contributed by atoms with E-state index in [4.69, 9.17) is 9.26 Å². The molecule has 2 aromatic carbocycles. The Balaban J connectivity index is 1.68. The first-order chi connectivity index (χ1) is 13.0. The molecule has 0 fully saturated rings. The minimum Gasteiger partial charge on any atom is -0.497 e. The molecule has 3 aromatic rings. The number of rotatable bonds is 9. The van der Waals surface area contributed by atoms with Crippen molar-refractivity contribution in [3.8, 4) is 5.75 Å². The maximum atomic E-state index is 13.5. The van der Waals surface area contributed by atoms with Crippen molar-refractivity contribution in [2.75, 3.05) is 19.9 Å². The van der Waals surface area contributed by atoms with Gasteiger partial charge in [0.25, 0.3) is 0 Å². The fraction of sp³-hybridized carbons (Fsp3) is 0.364. The molecule has 3 rings (SSSR count). The van der Waals surface area contributed by atoms with Gasteiger partial charge in [-0.15, -0.1) is 11.3 Å². The van der Waals surface area contributed by atoms with Gasteiger partial charge in [-0.1, -0.05) is 30.3 Å². The summed E-state index contributed by atoms with van der Waals surface area (Å²) < 4.78 is 25.7. The predicted octanol–water partition coefficient (Wildman–Crippen LogP) is 6.67. The SMILES string of the molecule is CCOP(=O)(CCCc1ccc(OC)cc1)Cc1sc2ccccc2c1C. The van der Waals surface area contributed by atoms with E-state index < -0.39 is 7.37 Å². The zero-order chi connectivity index (χ0) is 19.3. The van der Waals surface area contributed by atoms with Crippen LogP contribution in [0.3, 0.4) is 0 Å². The van der Waals surface area contributed by atoms with Crippen LogP contribution in [0.5, 0.6) is 5.75 Å². The van der Waals surface area contributed by atoms with Gasteiger partial charge in [0.2, 0.25) is 7.37 Å². The number of thiophene rings is 1. The molecule has 1 aromatic heterocycles. The van der Waals surface area contributed by atoms with Crippen molar-refractivity contribution in [2.45, 2.75) is 32.9 Å². The fourth-order valence-corrected chi connectivity index (χ4v) is 7.35. The maximum absolute atomic E-state index is 13.5. The summed E-state index contributed by atoms with van der Waals surface area (Å²) in [4.78, 5) is 1.19. The van der Waals surface area contributed by atoms with Crippen molar-refractivity contribution >= 4 is 28.8 Å². The predicted molar refractivity (Wildman–Crippen MR) is 116 cm³/mol. The van der Waals surface area contributed by atoms with E-state index in [9.17, 15) is 4.57 Å². The highest BCUT2D eigenvalue weighted by Crippen LogP contribution is 2.53. The van der Waals surface area contributed by atoms with Crippen molar-refractivity contribution < 1.29 is 13.8 Å². The second-order valence-electron chi connectivity index (χ2n) is 6.71. The summed E-state index contributed by atoms with van der Waals surface area (Å²) in [7, 11) is -1.02. The smallest absolute Gasteiger partial charge is 0.208 e. The van der Waals surface area contributed by atoms with Crippen LogP contribution in [0, 0.1) is 6.92 Å². The Labute approximate surface area is 165 Å². The summed E-state index contributed by atoms with van der Waals surface area (Å²) in [5.41, 5.74) is 2.47. The van der Waals surface area contributed by atoms with E-state index in [1.165, 1.54) is 26.1 Å². The molecule has 0 amide bonds. The lowest BCUT2D eigenvalue weighted by molar-refractivity contribution is 0.331. The normalized spacial score (nSPS) is 13.6. The van der Waals surface area contributed by atoms with Crippen LogP contribution in [0.25, 0.3) is 10.1 Å². The van der Waals surface area contributed by atoms with E-state index in [2.05, 4.69) is 43.3 Å². The number of benzene rings is 2. The second kappa shape index (κ2) is 9.05. The minimum atomic E-state index is -2.69. The average Bonchev–Trinajstić information content (AvgIpc) is 2.98. The van der Waals surface area contributed by atoms with Gasteiger partial charge in [-0.25, -0.2) is 0 Å². The van der Waals surface area contributed by atoms with Crippen LogP contribution in [-0.4, -0.2) is 19.9 Å². The topological polar surface area (TPSA) is 35.5 Å². The molecule has 144 valence electrons. The van der Waals surface area contributed by atoms with Crippen LogP contribution in [0.15, 0.2) is 48.5 Å². The largest absolute Gasteiger partial charge is 0.497 e. The number of ether oxygens (including phenoxy) is 1. The molecular weight excluding hydrogens is 375 g/mol. The molecule has 0 spiro atoms. The van der Waals surface area contributed by atoms with Gasteiger partial charge < -0.3 is 9.26 Å². The summed E-state index contributed by atoms with van der Waals surface area (Å²) in [5, 5.41) is 1.26. The molecule has 0 aliphatic rings. The molecule has 0 radical (unpaired) electrons. The zero-order valence-corrected chi connectivity index (χ0v) is 17.9. The van der Waals surface area contributed by atoms with Crippen molar-refractivity contribution in [1.29, 1.82) is 0 Å². The van der Waals surface area contributed by atoms with Crippen LogP contribution in [0.2, 0.25) is 0 Å². The Kier molecular flexibility index (Phi) is 6.75. The van der Waals surface area contributed by atoms with Crippen molar-refractivity contribution in [2.24, 2.45) is 0 Å². The van der Waals surface area contributed by atoms with Gasteiger partial charge in [0.15, 0.2) is 0 Å². The van der Waals surface area contributed by atoms with E-state index in [0.717, 1.165) is 18.6 Å². The first-order valence-corrected chi connectivity index (χ1v) is 12.2. The maximum Gasteiger partial charge on any atom is 0.208 e. The van der Waals surface area contributed by atoms with Crippen LogP contribution >= 0.6 is 18.7 Å². The second-order valence-corrected chi connectivity index (χ2v) is 10.5. The van der Waals surface area contributed by atoms with Gasteiger partial charge in [0.05, 0.1) is 19.9 Å². The number of methoxy groups -OCH3 is 1. The minimum absolute atomic E-state index is 0.490. The van der Waals surface area contributed by atoms with Crippen molar-refractivity contribution in [3.05, 3.63) is 64.5 Å². The third-order valence-electron chi connectivity index (χ3n) is 4.81. The Bertz CT molecular complexity index is 930. The molecule has 1 unspecified atom stereocenters. The summed E-state index contributed by atoms with van der Waals surface area (Å²) in [6.45, 7) is 4.54. The quantitative estimate of drug-likeness (QED) is 0.375. The van der Waals surface area contributed by atoms with E-state index >= 15 is 0 Å². The average molecular weight is 402 g/mol. The van der Waals surface area contributed by atoms with Crippen molar-refractivity contribution in [3.63, 3.8) is 0 Å². The summed E-state index contributed by atoms with van der Waals surface area (Å²) in [5.74, 6) is 0.860. The summed E-state index contributed by atoms with van der Waals surface area (Å²) >= 11 is 1.74. The van der Waals surface area contributed by atoms with Gasteiger partial charge in [-0.3, -0.25) is 4.57 Å². The van der Waals surface area contributed by atoms with Crippen LogP contribution in [0.4, 0.5) is 0 Å². The highest BCUT2D eigenvalue weighted by atomic mass is 32.1. The molecule has 1 atom stereocenters. The van der Waals surface area contributed by atoms with Gasteiger partial charge >= 0.3 is 0 Å². The molecule has 5 heteroatoms. The van der Waals surface area contributed by atoms with E-state index in [1.54, 1.807) is 18.4 Å². The fourth-order valence-electron chi connectivity index (χ4n) is 3.34. The monoisotopic (exact) mass is 402 g/mol. The van der Waals surface area contributed by atoms with Crippen LogP contribution in [0.1, 0.15) is 29.3 Å². The lowest BCUT2D eigenvalue weighted by atomic mass is 10.1. The summed E-state index contributed by atoms with van der Waals surface area (Å²) in [6, 6.07) is 16.5. The standard InChI is InChI=1S/C22H27O3PS/c1-4-25-26(23,15-7-8-18-11-13-19(24-3)14-12-18)16-22-17(2)20-9-5-6-10-21(20)27-22/h5-6,9-14H,4,7-8,15-16H2,1-3H3. The zero-order valence-electron chi connectivity index (χ0n) is 16.2. The van der Waals surface area contributed by atoms with Crippen molar-refractivity contribution in [1.82, 2.24) is 0 Å². The number of hydrogen-bond donors (Lipinski definition) is 0. The highest BCUT2D eigenvalue weighted by Gasteiger charge is 2.25. The Hall–Kier alpha value is -1.61. The first-order valence-electron chi connectivity index (χ1n) is 9.37. The lowest BCUT2D eigenvalue weighted by Gasteiger charge is -2.18. The van der Waals surface area contributed by atoms with E-state index in [1.807, 2.05) is 19.1 Å². The molecule has 1 heterocycles. The molecule has 0 bridgehead atoms. The van der Waals surface area contributed by atoms with Gasteiger partial charge in [0.1, 0.15) is 5.75 Å². The van der Waals surface area contributed by atoms with E-state index in [0.29, 0.717) is 18.9 Å². The van der Waals surface area contributed by atoms with E-state index in [-0.39, 0.29) is 0 Å². The molecule has 0 aliphatic heterocycles. The molecule has 0 N–H and O–H groups in total. The Morgan fingerprint density at radius 2 is 1.81 bits per heavy atom. The Morgan fingerprint density at radius 3 is 2.48 bits per heavy atom. The first kappa shape index (κ1) is 20.1. The van der Waals surface area contributed by atoms with Crippen LogP contribution in [-0.2, 0) is 21.7 Å². The van der Waals surface area contributed by atoms with Crippen LogP contribution < -0.4 is 4.74 Å². The highest BCUT2D eigenvalue weighted by molar-refractivity contribution is 7.58. The number of fused-ring (bicyclic) bond motifs is 1. The number of hydrogen-bond acceptors (Lipinski definition) is 4. The molecule has 0 saturated carbocycles. The Morgan fingerprint density at radius 1 is 1.07 bits per heavy atom. The van der Waals surface area contributed by atoms with Gasteiger partial charge in [-0.2, -0.15) is 0 Å². The molecule has 0 aliphatic carbocycles. The van der Waals surface area contributed by atoms with Gasteiger partial charge in [0, 0.05) is 15.7 Å². The molecule has 27 heavy (non-hydrogen) atoms. The molecule has 0 saturated heterocycles. The number of aryl methyl sites for hydroxylation is 2. The molecular formula is C22H27O3PS.